The van der Waals surface area contributed by atoms with Crippen molar-refractivity contribution in [1.82, 2.24) is 9.88 Å². The summed E-state index contributed by atoms with van der Waals surface area (Å²) in [4.78, 5) is 6.86. The highest BCUT2D eigenvalue weighted by atomic mass is 16.5. The molecule has 2 atom stereocenters. The Bertz CT molecular complexity index is 765. The summed E-state index contributed by atoms with van der Waals surface area (Å²) in [6.45, 7) is 6.15. The molecule has 3 aliphatic heterocycles. The predicted octanol–water partition coefficient (Wildman–Crippen LogP) is 3.32. The maximum Gasteiger partial charge on any atom is 0.119 e. The van der Waals surface area contributed by atoms with Crippen molar-refractivity contribution < 1.29 is 9.84 Å². The van der Waals surface area contributed by atoms with Crippen molar-refractivity contribution in [3.8, 4) is 5.75 Å². The first kappa shape index (κ1) is 15.6. The molecule has 0 radical (unpaired) electrons. The minimum absolute atomic E-state index is 0.141. The normalized spacial score (nSPS) is 30.2. The summed E-state index contributed by atoms with van der Waals surface area (Å²) in [6.07, 6.45) is 6.67. The van der Waals surface area contributed by atoms with Gasteiger partial charge in [-0.25, -0.2) is 0 Å². The summed E-state index contributed by atoms with van der Waals surface area (Å²) in [5, 5.41) is 12.2. The topological polar surface area (TPSA) is 45.6 Å². The number of aliphatic hydroxyl groups excluding tert-OH is 1. The van der Waals surface area contributed by atoms with Gasteiger partial charge in [-0.3, -0.25) is 9.88 Å². The van der Waals surface area contributed by atoms with Crippen LogP contribution in [0.4, 0.5) is 0 Å². The van der Waals surface area contributed by atoms with Gasteiger partial charge < -0.3 is 9.84 Å². The van der Waals surface area contributed by atoms with Crippen LogP contribution in [-0.4, -0.2) is 41.2 Å². The van der Waals surface area contributed by atoms with Gasteiger partial charge in [0.15, 0.2) is 0 Å². The van der Waals surface area contributed by atoms with Gasteiger partial charge in [0.2, 0.25) is 0 Å². The maximum atomic E-state index is 11.2. The first-order chi connectivity index (χ1) is 11.7. The molecule has 0 amide bonds. The molecule has 1 aromatic heterocycles. The highest BCUT2D eigenvalue weighted by Gasteiger charge is 2.45. The fraction of sp³-hybridized carbons (Fsp3) is 0.450. The van der Waals surface area contributed by atoms with Crippen molar-refractivity contribution in [2.75, 3.05) is 20.2 Å². The summed E-state index contributed by atoms with van der Waals surface area (Å²) in [7, 11) is 1.66. The van der Waals surface area contributed by atoms with Crippen molar-refractivity contribution in [2.24, 2.45) is 5.41 Å². The molecule has 2 aromatic rings. The number of nitrogens with zero attached hydrogens (tertiary/aromatic N) is 2. The number of benzene rings is 1. The van der Waals surface area contributed by atoms with E-state index in [0.717, 1.165) is 54.6 Å². The second-order valence-electron chi connectivity index (χ2n) is 7.10. The number of hydrogen-bond acceptors (Lipinski definition) is 4. The van der Waals surface area contributed by atoms with E-state index in [1.807, 2.05) is 24.3 Å². The first-order valence-electron chi connectivity index (χ1n) is 8.64. The summed E-state index contributed by atoms with van der Waals surface area (Å²) in [5.41, 5.74) is 2.03. The third kappa shape index (κ3) is 2.41. The lowest BCUT2D eigenvalue weighted by Gasteiger charge is -2.53. The molecular weight excluding hydrogens is 300 g/mol. The minimum atomic E-state index is -0.525. The van der Waals surface area contributed by atoms with Crippen LogP contribution < -0.4 is 4.74 Å². The predicted molar refractivity (Wildman–Crippen MR) is 95.1 cm³/mol. The molecule has 3 fully saturated rings. The van der Waals surface area contributed by atoms with Crippen LogP contribution in [0.15, 0.2) is 43.1 Å². The largest absolute Gasteiger partial charge is 0.497 e. The second-order valence-corrected chi connectivity index (χ2v) is 7.10. The Kier molecular flexibility index (Phi) is 3.82. The lowest BCUT2D eigenvalue weighted by Crippen LogP contribution is -2.55. The summed E-state index contributed by atoms with van der Waals surface area (Å²) < 4.78 is 5.35. The van der Waals surface area contributed by atoms with Gasteiger partial charge in [0.25, 0.3) is 0 Å². The number of aromatic nitrogens is 1. The maximum absolute atomic E-state index is 11.2. The number of rotatable bonds is 4. The van der Waals surface area contributed by atoms with Gasteiger partial charge in [-0.15, -0.1) is 6.58 Å². The minimum Gasteiger partial charge on any atom is -0.497 e. The van der Waals surface area contributed by atoms with Gasteiger partial charge in [-0.05, 0) is 67.6 Å². The molecule has 1 aromatic carbocycles. The van der Waals surface area contributed by atoms with Gasteiger partial charge in [-0.2, -0.15) is 0 Å². The Balaban J connectivity index is 1.73. The quantitative estimate of drug-likeness (QED) is 0.877. The van der Waals surface area contributed by atoms with Crippen LogP contribution in [0.3, 0.4) is 0 Å². The van der Waals surface area contributed by atoms with E-state index in [4.69, 9.17) is 4.74 Å². The Morgan fingerprint density at radius 1 is 1.38 bits per heavy atom. The highest BCUT2D eigenvalue weighted by Crippen LogP contribution is 2.47. The van der Waals surface area contributed by atoms with Crippen LogP contribution in [0.5, 0.6) is 5.75 Å². The Morgan fingerprint density at radius 3 is 2.88 bits per heavy atom. The van der Waals surface area contributed by atoms with Crippen LogP contribution in [0.1, 0.15) is 30.9 Å². The molecule has 24 heavy (non-hydrogen) atoms. The average Bonchev–Trinajstić information content (AvgIpc) is 2.67. The van der Waals surface area contributed by atoms with E-state index in [0.29, 0.717) is 0 Å². The van der Waals surface area contributed by atoms with Gasteiger partial charge in [0.05, 0.1) is 18.7 Å². The van der Waals surface area contributed by atoms with Gasteiger partial charge in [0, 0.05) is 17.6 Å². The third-order valence-corrected chi connectivity index (χ3v) is 5.98. The van der Waals surface area contributed by atoms with E-state index in [1.165, 1.54) is 0 Å². The molecule has 4 nitrogen and oxygen atoms in total. The fourth-order valence-corrected chi connectivity index (χ4v) is 4.39. The number of allylic oxidation sites excluding steroid dienone is 1. The van der Waals surface area contributed by atoms with E-state index >= 15 is 0 Å². The summed E-state index contributed by atoms with van der Waals surface area (Å²) in [5.74, 6) is 0.789. The van der Waals surface area contributed by atoms with Crippen molar-refractivity contribution >= 4 is 10.9 Å². The van der Waals surface area contributed by atoms with Crippen LogP contribution in [0.25, 0.3) is 10.9 Å². The van der Waals surface area contributed by atoms with Crippen molar-refractivity contribution in [2.45, 2.75) is 31.4 Å². The second kappa shape index (κ2) is 5.87. The number of pyridine rings is 1. The standard InChI is InChI=1S/C20H24N2O2/c1-3-20-7-10-22(11-8-20)18(13-20)19(23)15-6-9-21-17-5-4-14(24-2)12-16(15)17/h3-6,9,12,18-19,23H,1,7-8,10-11,13H2,2H3/t18-,19+/m0/s1. The van der Waals surface area contributed by atoms with Crippen molar-refractivity contribution in [3.63, 3.8) is 0 Å². The van der Waals surface area contributed by atoms with E-state index in [1.54, 1.807) is 13.3 Å². The molecule has 0 unspecified atom stereocenters. The monoisotopic (exact) mass is 324 g/mol. The average molecular weight is 324 g/mol. The number of methoxy groups -OCH3 is 1. The van der Waals surface area contributed by atoms with Gasteiger partial charge in [0.1, 0.15) is 5.75 Å². The smallest absolute Gasteiger partial charge is 0.119 e. The SMILES string of the molecule is C=CC12CCN(CC1)[C@H]([C@H](O)c1ccnc3ccc(OC)cc13)C2. The fourth-order valence-electron chi connectivity index (χ4n) is 4.39. The highest BCUT2D eigenvalue weighted by molar-refractivity contribution is 5.83. The summed E-state index contributed by atoms with van der Waals surface area (Å²) in [6, 6.07) is 7.91. The van der Waals surface area contributed by atoms with Gasteiger partial charge in [-0.1, -0.05) is 6.08 Å². The number of ether oxygens (including phenoxy) is 1. The van der Waals surface area contributed by atoms with Crippen LogP contribution in [-0.2, 0) is 0 Å². The molecule has 4 heterocycles. The third-order valence-electron chi connectivity index (χ3n) is 5.98. The van der Waals surface area contributed by atoms with E-state index in [2.05, 4.69) is 22.5 Å². The Hall–Kier alpha value is -1.91. The zero-order valence-electron chi connectivity index (χ0n) is 14.1. The summed E-state index contributed by atoms with van der Waals surface area (Å²) >= 11 is 0. The molecule has 4 heteroatoms. The van der Waals surface area contributed by atoms with Crippen LogP contribution in [0.2, 0.25) is 0 Å². The molecule has 126 valence electrons. The molecule has 1 N–H and O–H groups in total. The number of piperidine rings is 3. The van der Waals surface area contributed by atoms with E-state index < -0.39 is 6.10 Å². The Morgan fingerprint density at radius 2 is 2.17 bits per heavy atom. The number of fused-ring (bicyclic) bond motifs is 4. The van der Waals surface area contributed by atoms with Crippen molar-refractivity contribution in [3.05, 3.63) is 48.7 Å². The number of aliphatic hydroxyl groups is 1. The zero-order chi connectivity index (χ0) is 16.7. The van der Waals surface area contributed by atoms with Crippen LogP contribution >= 0.6 is 0 Å². The molecule has 0 saturated carbocycles. The lowest BCUT2D eigenvalue weighted by molar-refractivity contribution is -0.0522. The first-order valence-corrected chi connectivity index (χ1v) is 8.64. The molecule has 5 rings (SSSR count). The lowest BCUT2D eigenvalue weighted by atomic mass is 9.67. The zero-order valence-corrected chi connectivity index (χ0v) is 14.1. The number of hydrogen-bond donors (Lipinski definition) is 1. The molecule has 3 aliphatic rings. The van der Waals surface area contributed by atoms with Gasteiger partial charge >= 0.3 is 0 Å². The Labute approximate surface area is 142 Å². The molecular formula is C20H24N2O2. The molecule has 0 spiro atoms. The van der Waals surface area contributed by atoms with Crippen LogP contribution in [0, 0.1) is 5.41 Å². The molecule has 3 saturated heterocycles. The van der Waals surface area contributed by atoms with E-state index in [-0.39, 0.29) is 11.5 Å². The van der Waals surface area contributed by atoms with Crippen molar-refractivity contribution in [1.29, 1.82) is 0 Å². The van der Waals surface area contributed by atoms with E-state index in [9.17, 15) is 5.11 Å². The molecule has 2 bridgehead atoms. The molecule has 0 aliphatic carbocycles.